The van der Waals surface area contributed by atoms with Gasteiger partial charge in [0.25, 0.3) is 0 Å². The van der Waals surface area contributed by atoms with Gasteiger partial charge >= 0.3 is 0 Å². The van der Waals surface area contributed by atoms with Gasteiger partial charge in [-0.2, -0.15) is 0 Å². The summed E-state index contributed by atoms with van der Waals surface area (Å²) in [4.78, 5) is 2.49. The molecule has 1 saturated heterocycles. The minimum absolute atomic E-state index is 0.336. The number of nitrogens with one attached hydrogen (secondary N) is 2. The van der Waals surface area contributed by atoms with Crippen molar-refractivity contribution in [1.29, 1.82) is 0 Å². The summed E-state index contributed by atoms with van der Waals surface area (Å²) in [5.41, 5.74) is 0.336. The Balaban J connectivity index is 1.18. The SMILES string of the molecule is S=C(NCCCN1CCOCC1)NC12CC3CC(CC(C3)C1)C2. The summed E-state index contributed by atoms with van der Waals surface area (Å²) in [6, 6.07) is 0. The predicted molar refractivity (Wildman–Crippen MR) is 96.5 cm³/mol. The molecular weight excluding hydrogens is 306 g/mol. The number of hydrogen-bond acceptors (Lipinski definition) is 3. The lowest BCUT2D eigenvalue weighted by molar-refractivity contribution is -0.0101. The highest BCUT2D eigenvalue weighted by molar-refractivity contribution is 7.80. The topological polar surface area (TPSA) is 36.5 Å². The van der Waals surface area contributed by atoms with Crippen LogP contribution < -0.4 is 10.6 Å². The molecule has 4 bridgehead atoms. The molecule has 130 valence electrons. The number of thiocarbonyl (C=S) groups is 1. The molecule has 0 atom stereocenters. The number of ether oxygens (including phenoxy) is 1. The zero-order valence-corrected chi connectivity index (χ0v) is 15.0. The summed E-state index contributed by atoms with van der Waals surface area (Å²) in [5, 5.41) is 8.11. The molecule has 5 fully saturated rings. The fourth-order valence-corrected chi connectivity index (χ4v) is 6.20. The molecule has 0 aromatic carbocycles. The Kier molecular flexibility index (Phi) is 4.79. The number of hydrogen-bond donors (Lipinski definition) is 2. The minimum Gasteiger partial charge on any atom is -0.379 e. The quantitative estimate of drug-likeness (QED) is 0.594. The van der Waals surface area contributed by atoms with E-state index < -0.39 is 0 Å². The van der Waals surface area contributed by atoms with Gasteiger partial charge in [0, 0.05) is 25.2 Å². The molecule has 4 nitrogen and oxygen atoms in total. The van der Waals surface area contributed by atoms with E-state index in [4.69, 9.17) is 17.0 Å². The van der Waals surface area contributed by atoms with Crippen LogP contribution in [0.2, 0.25) is 0 Å². The molecule has 0 amide bonds. The second-order valence-corrected chi connectivity index (χ2v) is 8.79. The van der Waals surface area contributed by atoms with Crippen LogP contribution in [0.25, 0.3) is 0 Å². The van der Waals surface area contributed by atoms with E-state index in [0.717, 1.165) is 68.7 Å². The van der Waals surface area contributed by atoms with E-state index in [0.29, 0.717) is 5.54 Å². The monoisotopic (exact) mass is 337 g/mol. The molecule has 0 aromatic rings. The van der Waals surface area contributed by atoms with Crippen LogP contribution in [0.3, 0.4) is 0 Å². The second-order valence-electron chi connectivity index (χ2n) is 8.39. The molecule has 5 rings (SSSR count). The zero-order valence-electron chi connectivity index (χ0n) is 14.2. The van der Waals surface area contributed by atoms with E-state index in [1.54, 1.807) is 0 Å². The van der Waals surface area contributed by atoms with Crippen molar-refractivity contribution in [3.8, 4) is 0 Å². The van der Waals surface area contributed by atoms with Gasteiger partial charge < -0.3 is 15.4 Å². The van der Waals surface area contributed by atoms with Crippen LogP contribution in [0, 0.1) is 17.8 Å². The van der Waals surface area contributed by atoms with Crippen molar-refractivity contribution in [2.24, 2.45) is 17.8 Å². The van der Waals surface area contributed by atoms with Crippen molar-refractivity contribution in [2.75, 3.05) is 39.4 Å². The van der Waals surface area contributed by atoms with E-state index >= 15 is 0 Å². The van der Waals surface area contributed by atoms with Crippen molar-refractivity contribution in [3.63, 3.8) is 0 Å². The molecular formula is C18H31N3OS. The third kappa shape index (κ3) is 3.83. The molecule has 1 aliphatic heterocycles. The van der Waals surface area contributed by atoms with Crippen LogP contribution in [0.15, 0.2) is 0 Å². The second kappa shape index (κ2) is 6.85. The van der Waals surface area contributed by atoms with Crippen molar-refractivity contribution in [3.05, 3.63) is 0 Å². The van der Waals surface area contributed by atoms with Crippen LogP contribution in [0.5, 0.6) is 0 Å². The van der Waals surface area contributed by atoms with Gasteiger partial charge in [-0.3, -0.25) is 4.90 Å². The third-order valence-corrected chi connectivity index (χ3v) is 6.70. The molecule has 5 aliphatic rings. The molecule has 1 heterocycles. The van der Waals surface area contributed by atoms with E-state index in [9.17, 15) is 0 Å². The molecule has 5 heteroatoms. The van der Waals surface area contributed by atoms with E-state index in [1.807, 2.05) is 0 Å². The first-order chi connectivity index (χ1) is 11.2. The Hall–Kier alpha value is -0.390. The summed E-state index contributed by atoms with van der Waals surface area (Å²) >= 11 is 5.60. The average Bonchev–Trinajstić information content (AvgIpc) is 2.51. The summed E-state index contributed by atoms with van der Waals surface area (Å²) in [6.45, 7) is 6.07. The first-order valence-electron chi connectivity index (χ1n) is 9.57. The number of morpholine rings is 1. The maximum Gasteiger partial charge on any atom is 0.166 e. The van der Waals surface area contributed by atoms with Crippen LogP contribution in [0.1, 0.15) is 44.9 Å². The lowest BCUT2D eigenvalue weighted by Gasteiger charge is -2.57. The van der Waals surface area contributed by atoms with Gasteiger partial charge in [-0.15, -0.1) is 0 Å². The lowest BCUT2D eigenvalue weighted by atomic mass is 9.53. The van der Waals surface area contributed by atoms with Gasteiger partial charge in [0.1, 0.15) is 0 Å². The van der Waals surface area contributed by atoms with Crippen molar-refractivity contribution < 1.29 is 4.74 Å². The molecule has 4 saturated carbocycles. The summed E-state index contributed by atoms with van der Waals surface area (Å²) < 4.78 is 5.39. The van der Waals surface area contributed by atoms with Crippen LogP contribution in [-0.4, -0.2) is 54.9 Å². The zero-order chi connectivity index (χ0) is 15.7. The number of rotatable bonds is 5. The molecule has 4 aliphatic carbocycles. The van der Waals surface area contributed by atoms with Gasteiger partial charge in [0.15, 0.2) is 5.11 Å². The Morgan fingerprint density at radius 1 is 1.04 bits per heavy atom. The molecule has 0 spiro atoms. The van der Waals surface area contributed by atoms with E-state index in [-0.39, 0.29) is 0 Å². The fraction of sp³-hybridized carbons (Fsp3) is 0.944. The first kappa shape index (κ1) is 16.1. The molecule has 0 aromatic heterocycles. The standard InChI is InChI=1S/C18H31N3OS/c23-17(19-2-1-3-21-4-6-22-7-5-21)20-18-11-14-8-15(12-18)10-16(9-14)13-18/h14-16H,1-13H2,(H2,19,20,23). The largest absolute Gasteiger partial charge is 0.379 e. The van der Waals surface area contributed by atoms with Crippen LogP contribution >= 0.6 is 12.2 Å². The summed E-state index contributed by atoms with van der Waals surface area (Å²) in [6.07, 6.45) is 9.68. The average molecular weight is 338 g/mol. The molecule has 2 N–H and O–H groups in total. The van der Waals surface area contributed by atoms with Gasteiger partial charge in [-0.25, -0.2) is 0 Å². The lowest BCUT2D eigenvalue weighted by Crippen LogP contribution is -2.61. The van der Waals surface area contributed by atoms with E-state index in [1.165, 1.54) is 38.5 Å². The predicted octanol–water partition coefficient (Wildman–Crippen LogP) is 2.14. The van der Waals surface area contributed by atoms with Crippen LogP contribution in [0.4, 0.5) is 0 Å². The van der Waals surface area contributed by atoms with Gasteiger partial charge in [0.05, 0.1) is 13.2 Å². The normalized spacial score (nSPS) is 39.4. The van der Waals surface area contributed by atoms with Gasteiger partial charge in [-0.05, 0) is 81.5 Å². The Morgan fingerprint density at radius 3 is 2.26 bits per heavy atom. The van der Waals surface area contributed by atoms with Crippen molar-refractivity contribution >= 4 is 17.3 Å². The molecule has 0 unspecified atom stereocenters. The maximum atomic E-state index is 5.60. The molecule has 23 heavy (non-hydrogen) atoms. The molecule has 0 radical (unpaired) electrons. The summed E-state index contributed by atoms with van der Waals surface area (Å²) in [7, 11) is 0. The highest BCUT2D eigenvalue weighted by atomic mass is 32.1. The Bertz CT molecular complexity index is 401. The van der Waals surface area contributed by atoms with E-state index in [2.05, 4.69) is 15.5 Å². The van der Waals surface area contributed by atoms with Crippen LogP contribution in [-0.2, 0) is 4.74 Å². The highest BCUT2D eigenvalue weighted by Crippen LogP contribution is 2.55. The highest BCUT2D eigenvalue weighted by Gasteiger charge is 2.51. The minimum atomic E-state index is 0.336. The number of nitrogens with zero attached hydrogens (tertiary/aromatic N) is 1. The Labute approximate surface area is 145 Å². The Morgan fingerprint density at radius 2 is 1.65 bits per heavy atom. The fourth-order valence-electron chi connectivity index (χ4n) is 5.88. The van der Waals surface area contributed by atoms with Crippen molar-refractivity contribution in [2.45, 2.75) is 50.5 Å². The van der Waals surface area contributed by atoms with Gasteiger partial charge in [0.2, 0.25) is 0 Å². The maximum absolute atomic E-state index is 5.60. The first-order valence-corrected chi connectivity index (χ1v) is 9.98. The smallest absolute Gasteiger partial charge is 0.166 e. The van der Waals surface area contributed by atoms with Crippen molar-refractivity contribution in [1.82, 2.24) is 15.5 Å². The van der Waals surface area contributed by atoms with Gasteiger partial charge in [-0.1, -0.05) is 0 Å². The summed E-state index contributed by atoms with van der Waals surface area (Å²) in [5.74, 6) is 2.91. The third-order valence-electron chi connectivity index (χ3n) is 6.46.